The first kappa shape index (κ1) is 14.5. The lowest BCUT2D eigenvalue weighted by molar-refractivity contribution is -0.114. The fourth-order valence-corrected chi connectivity index (χ4v) is 3.95. The van der Waals surface area contributed by atoms with Crippen molar-refractivity contribution >= 4 is 28.3 Å². The lowest BCUT2D eigenvalue weighted by atomic mass is 9.80. The maximum Gasteiger partial charge on any atom is 0.273 e. The van der Waals surface area contributed by atoms with Crippen LogP contribution in [-0.2, 0) is 9.53 Å². The van der Waals surface area contributed by atoms with E-state index < -0.39 is 0 Å². The molecular formula is C14H19N3O3S. The van der Waals surface area contributed by atoms with Gasteiger partial charge in [-0.15, -0.1) is 11.3 Å². The molecule has 0 bridgehead atoms. The van der Waals surface area contributed by atoms with Gasteiger partial charge in [-0.3, -0.25) is 9.59 Å². The van der Waals surface area contributed by atoms with Crippen molar-refractivity contribution in [1.29, 1.82) is 0 Å². The number of rotatable bonds is 2. The van der Waals surface area contributed by atoms with Gasteiger partial charge in [-0.05, 0) is 5.41 Å². The maximum atomic E-state index is 12.7. The van der Waals surface area contributed by atoms with Gasteiger partial charge in [-0.1, -0.05) is 13.8 Å². The average molecular weight is 309 g/mol. The summed E-state index contributed by atoms with van der Waals surface area (Å²) in [7, 11) is 0. The van der Waals surface area contributed by atoms with E-state index in [0.29, 0.717) is 23.4 Å². The topological polar surface area (TPSA) is 71.5 Å². The Bertz CT molecular complexity index is 584. The minimum atomic E-state index is -0.185. The molecule has 0 aliphatic carbocycles. The smallest absolute Gasteiger partial charge is 0.273 e. The van der Waals surface area contributed by atoms with E-state index >= 15 is 0 Å². The van der Waals surface area contributed by atoms with Crippen molar-refractivity contribution < 1.29 is 14.3 Å². The van der Waals surface area contributed by atoms with Crippen LogP contribution < -0.4 is 5.32 Å². The minimum Gasteiger partial charge on any atom is -0.379 e. The fraction of sp³-hybridized carbons (Fsp3) is 0.643. The van der Waals surface area contributed by atoms with Crippen LogP contribution in [0.1, 0.15) is 31.3 Å². The second kappa shape index (κ2) is 5.06. The predicted molar refractivity (Wildman–Crippen MR) is 79.3 cm³/mol. The van der Waals surface area contributed by atoms with Gasteiger partial charge in [0.15, 0.2) is 5.13 Å². The molecule has 1 aromatic heterocycles. The molecule has 2 aliphatic rings. The number of likely N-dealkylation sites (tertiary alicyclic amines) is 1. The van der Waals surface area contributed by atoms with E-state index in [1.165, 1.54) is 18.3 Å². The van der Waals surface area contributed by atoms with E-state index in [1.807, 2.05) is 4.90 Å². The molecule has 0 unspecified atom stereocenters. The highest BCUT2D eigenvalue weighted by atomic mass is 32.1. The number of nitrogens with one attached hydrogen (secondary N) is 1. The van der Waals surface area contributed by atoms with Crippen molar-refractivity contribution in [2.75, 3.05) is 25.1 Å². The van der Waals surface area contributed by atoms with Crippen molar-refractivity contribution in [2.45, 2.75) is 26.8 Å². The molecule has 0 saturated carbocycles. The highest BCUT2D eigenvalue weighted by Gasteiger charge is 2.51. The molecule has 2 saturated heterocycles. The van der Waals surface area contributed by atoms with Crippen LogP contribution in [0.25, 0.3) is 0 Å². The first-order valence-electron chi connectivity index (χ1n) is 7.00. The van der Waals surface area contributed by atoms with Crippen LogP contribution in [0, 0.1) is 11.3 Å². The standard InChI is InChI=1S/C14H19N3O3S/c1-8(18)15-13-16-10(6-21-13)12(19)17-7-14(2,3)9-4-20-5-11(9)17/h6,9,11H,4-5,7H2,1-3H3,(H,15,16,18)/t9-,11+/m1/s1. The average Bonchev–Trinajstić information content (AvgIpc) is 3.06. The number of nitrogens with zero attached hydrogens (tertiary/aromatic N) is 2. The summed E-state index contributed by atoms with van der Waals surface area (Å²) < 4.78 is 5.55. The third-order valence-corrected chi connectivity index (χ3v) is 5.06. The van der Waals surface area contributed by atoms with Crippen LogP contribution in [0.3, 0.4) is 0 Å². The van der Waals surface area contributed by atoms with Crippen LogP contribution in [0.15, 0.2) is 5.38 Å². The molecule has 114 valence electrons. The molecule has 0 spiro atoms. The summed E-state index contributed by atoms with van der Waals surface area (Å²) in [5.74, 6) is 0.124. The lowest BCUT2D eigenvalue weighted by Gasteiger charge is -2.23. The van der Waals surface area contributed by atoms with Crippen molar-refractivity contribution in [3.8, 4) is 0 Å². The largest absolute Gasteiger partial charge is 0.379 e. The summed E-state index contributed by atoms with van der Waals surface area (Å²) >= 11 is 1.27. The number of fused-ring (bicyclic) bond motifs is 1. The molecule has 3 rings (SSSR count). The van der Waals surface area contributed by atoms with Crippen molar-refractivity contribution in [2.24, 2.45) is 11.3 Å². The number of hydrogen-bond acceptors (Lipinski definition) is 5. The van der Waals surface area contributed by atoms with Gasteiger partial charge >= 0.3 is 0 Å². The molecule has 0 radical (unpaired) electrons. The number of amides is 2. The number of carbonyl (C=O) groups is 2. The van der Waals surface area contributed by atoms with E-state index in [0.717, 1.165) is 13.2 Å². The first-order valence-corrected chi connectivity index (χ1v) is 7.88. The van der Waals surface area contributed by atoms with Gasteiger partial charge in [0, 0.05) is 24.8 Å². The normalized spacial score (nSPS) is 26.7. The number of aromatic nitrogens is 1. The summed E-state index contributed by atoms with van der Waals surface area (Å²) in [4.78, 5) is 29.8. The van der Waals surface area contributed by atoms with Gasteiger partial charge in [0.2, 0.25) is 5.91 Å². The Morgan fingerprint density at radius 3 is 2.95 bits per heavy atom. The predicted octanol–water partition coefficient (Wildman–Crippen LogP) is 1.60. The Balaban J connectivity index is 1.79. The summed E-state index contributed by atoms with van der Waals surface area (Å²) in [6.07, 6.45) is 0. The zero-order valence-electron chi connectivity index (χ0n) is 12.4. The fourth-order valence-electron chi connectivity index (χ4n) is 3.22. The molecular weight excluding hydrogens is 290 g/mol. The molecule has 2 amide bonds. The van der Waals surface area contributed by atoms with Crippen LogP contribution >= 0.6 is 11.3 Å². The van der Waals surface area contributed by atoms with Crippen molar-refractivity contribution in [1.82, 2.24) is 9.88 Å². The van der Waals surface area contributed by atoms with Gasteiger partial charge in [0.25, 0.3) is 5.91 Å². The summed E-state index contributed by atoms with van der Waals surface area (Å²) in [5, 5.41) is 4.77. The molecule has 0 aromatic carbocycles. The molecule has 1 aromatic rings. The zero-order valence-corrected chi connectivity index (χ0v) is 13.2. The zero-order chi connectivity index (χ0) is 15.2. The Labute approximate surface area is 127 Å². The quantitative estimate of drug-likeness (QED) is 0.900. The molecule has 2 atom stereocenters. The van der Waals surface area contributed by atoms with Crippen molar-refractivity contribution in [3.05, 3.63) is 11.1 Å². The number of anilines is 1. The molecule has 21 heavy (non-hydrogen) atoms. The summed E-state index contributed by atoms with van der Waals surface area (Å²) in [5.41, 5.74) is 0.458. The van der Waals surface area contributed by atoms with Crippen molar-refractivity contribution in [3.63, 3.8) is 0 Å². The van der Waals surface area contributed by atoms with E-state index in [4.69, 9.17) is 4.74 Å². The number of ether oxygens (including phenoxy) is 1. The number of carbonyl (C=O) groups excluding carboxylic acids is 2. The summed E-state index contributed by atoms with van der Waals surface area (Å²) in [6, 6.07) is 0.137. The van der Waals surface area contributed by atoms with Crippen LogP contribution in [0.5, 0.6) is 0 Å². The highest BCUT2D eigenvalue weighted by molar-refractivity contribution is 7.14. The Hall–Kier alpha value is -1.47. The van der Waals surface area contributed by atoms with E-state index in [9.17, 15) is 9.59 Å². The van der Waals surface area contributed by atoms with Crippen LogP contribution in [0.4, 0.5) is 5.13 Å². The van der Waals surface area contributed by atoms with Gasteiger partial charge in [0.1, 0.15) is 5.69 Å². The molecule has 1 N–H and O–H groups in total. The minimum absolute atomic E-state index is 0.0628. The van der Waals surface area contributed by atoms with E-state index in [1.54, 1.807) is 5.38 Å². The first-order chi connectivity index (χ1) is 9.88. The third-order valence-electron chi connectivity index (χ3n) is 4.30. The lowest BCUT2D eigenvalue weighted by Crippen LogP contribution is -2.38. The van der Waals surface area contributed by atoms with Gasteiger partial charge in [0.05, 0.1) is 19.3 Å². The summed E-state index contributed by atoms with van der Waals surface area (Å²) in [6.45, 7) is 7.81. The van der Waals surface area contributed by atoms with E-state index in [-0.39, 0.29) is 23.3 Å². The second-order valence-electron chi connectivity index (χ2n) is 6.35. The Kier molecular flexibility index (Phi) is 3.49. The molecule has 2 fully saturated rings. The molecule has 6 nitrogen and oxygen atoms in total. The Morgan fingerprint density at radius 2 is 2.24 bits per heavy atom. The van der Waals surface area contributed by atoms with Gasteiger partial charge < -0.3 is 15.0 Å². The molecule has 3 heterocycles. The second-order valence-corrected chi connectivity index (χ2v) is 7.21. The number of hydrogen-bond donors (Lipinski definition) is 1. The molecule has 7 heteroatoms. The van der Waals surface area contributed by atoms with Gasteiger partial charge in [-0.25, -0.2) is 4.98 Å². The number of thiazole rings is 1. The van der Waals surface area contributed by atoms with Gasteiger partial charge in [-0.2, -0.15) is 0 Å². The van der Waals surface area contributed by atoms with Crippen LogP contribution in [0.2, 0.25) is 0 Å². The SMILES string of the molecule is CC(=O)Nc1nc(C(=O)N2CC(C)(C)[C@@H]3COC[C@@H]32)cs1. The van der Waals surface area contributed by atoms with E-state index in [2.05, 4.69) is 24.1 Å². The monoisotopic (exact) mass is 309 g/mol. The van der Waals surface area contributed by atoms with Crippen LogP contribution in [-0.4, -0.2) is 47.5 Å². The Morgan fingerprint density at radius 1 is 1.48 bits per heavy atom. The maximum absolute atomic E-state index is 12.7. The third kappa shape index (κ3) is 2.55. The highest BCUT2D eigenvalue weighted by Crippen LogP contribution is 2.43. The molecule has 2 aliphatic heterocycles.